The number of rotatable bonds is 6. The Balaban J connectivity index is 0.000000770. The Morgan fingerprint density at radius 1 is 1.12 bits per heavy atom. The molecule has 0 radical (unpaired) electrons. The molecule has 2 heteroatoms. The molecule has 0 amide bonds. The summed E-state index contributed by atoms with van der Waals surface area (Å²) in [7, 11) is 0. The zero-order chi connectivity index (χ0) is 12.9. The van der Waals surface area contributed by atoms with Gasteiger partial charge in [-0.1, -0.05) is 63.4 Å². The highest BCUT2D eigenvalue weighted by Gasteiger charge is 2.08. The molecule has 1 unspecified atom stereocenters. The maximum absolute atomic E-state index is 8.36. The Morgan fingerprint density at radius 3 is 2.18 bits per heavy atom. The molecule has 0 aliphatic rings. The molecule has 0 spiro atoms. The summed E-state index contributed by atoms with van der Waals surface area (Å²) in [5, 5.41) is 6.89. The van der Waals surface area contributed by atoms with Gasteiger partial charge in [0.25, 0.3) is 6.47 Å². The van der Waals surface area contributed by atoms with Gasteiger partial charge < -0.3 is 5.11 Å². The zero-order valence-corrected chi connectivity index (χ0v) is 10.9. The molecule has 1 N–H and O–H groups in total. The highest BCUT2D eigenvalue weighted by atomic mass is 16.3. The van der Waals surface area contributed by atoms with E-state index in [4.69, 9.17) is 9.90 Å². The van der Waals surface area contributed by atoms with Crippen molar-refractivity contribution in [1.29, 1.82) is 0 Å². The van der Waals surface area contributed by atoms with E-state index in [0.29, 0.717) is 0 Å². The number of carbonyl (C=O) groups is 1. The first-order valence-corrected chi connectivity index (χ1v) is 6.42. The van der Waals surface area contributed by atoms with E-state index in [1.165, 1.54) is 37.7 Å². The fraction of sp³-hybridized carbons (Fsp3) is 0.533. The minimum Gasteiger partial charge on any atom is -0.483 e. The van der Waals surface area contributed by atoms with Crippen LogP contribution < -0.4 is 0 Å². The van der Waals surface area contributed by atoms with Crippen molar-refractivity contribution >= 4 is 6.47 Å². The van der Waals surface area contributed by atoms with Crippen molar-refractivity contribution in [3.05, 3.63) is 35.9 Å². The molecule has 0 aliphatic heterocycles. The Morgan fingerprint density at radius 2 is 1.71 bits per heavy atom. The fourth-order valence-corrected chi connectivity index (χ4v) is 2.00. The van der Waals surface area contributed by atoms with Gasteiger partial charge in [-0.25, -0.2) is 0 Å². The van der Waals surface area contributed by atoms with E-state index in [9.17, 15) is 0 Å². The molecule has 0 fully saturated rings. The highest BCUT2D eigenvalue weighted by molar-refractivity contribution is 5.32. The van der Waals surface area contributed by atoms with Crippen molar-refractivity contribution in [1.82, 2.24) is 0 Å². The van der Waals surface area contributed by atoms with E-state index in [1.807, 2.05) is 0 Å². The van der Waals surface area contributed by atoms with Gasteiger partial charge in [0, 0.05) is 0 Å². The summed E-state index contributed by atoms with van der Waals surface area (Å²) in [6.07, 6.45) is 6.66. The summed E-state index contributed by atoms with van der Waals surface area (Å²) < 4.78 is 0. The highest BCUT2D eigenvalue weighted by Crippen LogP contribution is 2.26. The van der Waals surface area contributed by atoms with Crippen LogP contribution in [-0.4, -0.2) is 11.6 Å². The van der Waals surface area contributed by atoms with Gasteiger partial charge in [0.15, 0.2) is 0 Å². The van der Waals surface area contributed by atoms with Crippen LogP contribution in [0.4, 0.5) is 0 Å². The molecule has 2 nitrogen and oxygen atoms in total. The van der Waals surface area contributed by atoms with E-state index >= 15 is 0 Å². The molecule has 1 aromatic rings. The standard InChI is InChI=1S/C14H22.CH2O2/c1-3-5-10-13(9-4-2)14-11-7-6-8-12-14;2-1-3/h6-8,11-13H,3-5,9-10H2,1-2H3;1H,(H,2,3). The Hall–Kier alpha value is -1.31. The average molecular weight is 236 g/mol. The average Bonchev–Trinajstić information content (AvgIpc) is 2.36. The van der Waals surface area contributed by atoms with Gasteiger partial charge in [0.2, 0.25) is 0 Å². The molecule has 0 saturated heterocycles. The quantitative estimate of drug-likeness (QED) is 0.740. The van der Waals surface area contributed by atoms with Crippen molar-refractivity contribution < 1.29 is 9.90 Å². The molecule has 1 rings (SSSR count). The summed E-state index contributed by atoms with van der Waals surface area (Å²) in [4.78, 5) is 8.36. The van der Waals surface area contributed by atoms with Gasteiger partial charge in [0.05, 0.1) is 0 Å². The van der Waals surface area contributed by atoms with Gasteiger partial charge in [-0.2, -0.15) is 0 Å². The Labute approximate surface area is 105 Å². The van der Waals surface area contributed by atoms with E-state index < -0.39 is 0 Å². The summed E-state index contributed by atoms with van der Waals surface area (Å²) in [5.41, 5.74) is 1.53. The van der Waals surface area contributed by atoms with Gasteiger partial charge in [-0.3, -0.25) is 4.79 Å². The minimum atomic E-state index is -0.250. The van der Waals surface area contributed by atoms with Gasteiger partial charge >= 0.3 is 0 Å². The van der Waals surface area contributed by atoms with Crippen molar-refractivity contribution in [2.75, 3.05) is 0 Å². The monoisotopic (exact) mass is 236 g/mol. The van der Waals surface area contributed by atoms with E-state index in [0.717, 1.165) is 5.92 Å². The summed E-state index contributed by atoms with van der Waals surface area (Å²) in [5.74, 6) is 0.793. The lowest BCUT2D eigenvalue weighted by Gasteiger charge is -2.15. The Kier molecular flexibility index (Phi) is 10.3. The number of hydrogen-bond donors (Lipinski definition) is 1. The lowest BCUT2D eigenvalue weighted by atomic mass is 9.90. The molecule has 0 aromatic heterocycles. The molecule has 0 heterocycles. The molecule has 17 heavy (non-hydrogen) atoms. The third kappa shape index (κ3) is 7.56. The molecule has 1 atom stereocenters. The summed E-state index contributed by atoms with van der Waals surface area (Å²) in [6.45, 7) is 4.30. The molecule has 0 bridgehead atoms. The maximum Gasteiger partial charge on any atom is 0.290 e. The first-order chi connectivity index (χ1) is 8.29. The van der Waals surface area contributed by atoms with Crippen LogP contribution >= 0.6 is 0 Å². The van der Waals surface area contributed by atoms with Crippen LogP contribution in [0.3, 0.4) is 0 Å². The molecular weight excluding hydrogens is 212 g/mol. The number of hydrogen-bond acceptors (Lipinski definition) is 1. The first kappa shape index (κ1) is 15.7. The van der Waals surface area contributed by atoms with Crippen LogP contribution in [0.25, 0.3) is 0 Å². The third-order valence-corrected chi connectivity index (χ3v) is 2.81. The smallest absolute Gasteiger partial charge is 0.290 e. The van der Waals surface area contributed by atoms with Crippen molar-refractivity contribution in [2.24, 2.45) is 0 Å². The van der Waals surface area contributed by atoms with Crippen molar-refractivity contribution in [3.8, 4) is 0 Å². The second-order valence-corrected chi connectivity index (χ2v) is 4.14. The van der Waals surface area contributed by atoms with E-state index in [1.54, 1.807) is 0 Å². The predicted molar refractivity (Wildman–Crippen MR) is 72.3 cm³/mol. The number of benzene rings is 1. The molecule has 0 aliphatic carbocycles. The number of unbranched alkanes of at least 4 members (excludes halogenated alkanes) is 1. The lowest BCUT2D eigenvalue weighted by Crippen LogP contribution is -1.98. The maximum atomic E-state index is 8.36. The van der Waals surface area contributed by atoms with Crippen LogP contribution in [-0.2, 0) is 4.79 Å². The predicted octanol–water partition coefficient (Wildman–Crippen LogP) is 4.46. The van der Waals surface area contributed by atoms with Crippen LogP contribution in [0, 0.1) is 0 Å². The molecule has 1 aromatic carbocycles. The molecule has 0 saturated carbocycles. The summed E-state index contributed by atoms with van der Waals surface area (Å²) >= 11 is 0. The van der Waals surface area contributed by atoms with Gasteiger partial charge in [-0.15, -0.1) is 0 Å². The summed E-state index contributed by atoms with van der Waals surface area (Å²) in [6, 6.07) is 11.0. The normalized spacial score (nSPS) is 11.2. The van der Waals surface area contributed by atoms with Gasteiger partial charge in [0.1, 0.15) is 0 Å². The second kappa shape index (κ2) is 11.2. The molecular formula is C15H24O2. The molecule has 96 valence electrons. The van der Waals surface area contributed by atoms with Crippen molar-refractivity contribution in [2.45, 2.75) is 51.9 Å². The largest absolute Gasteiger partial charge is 0.483 e. The van der Waals surface area contributed by atoms with E-state index in [-0.39, 0.29) is 6.47 Å². The first-order valence-electron chi connectivity index (χ1n) is 6.42. The second-order valence-electron chi connectivity index (χ2n) is 4.14. The van der Waals surface area contributed by atoms with E-state index in [2.05, 4.69) is 44.2 Å². The lowest BCUT2D eigenvalue weighted by molar-refractivity contribution is -0.122. The fourth-order valence-electron chi connectivity index (χ4n) is 2.00. The van der Waals surface area contributed by atoms with Crippen molar-refractivity contribution in [3.63, 3.8) is 0 Å². The topological polar surface area (TPSA) is 37.3 Å². The zero-order valence-electron chi connectivity index (χ0n) is 10.9. The van der Waals surface area contributed by atoms with Crippen LogP contribution in [0.15, 0.2) is 30.3 Å². The Bertz CT molecular complexity index is 270. The van der Waals surface area contributed by atoms with Crippen LogP contribution in [0.1, 0.15) is 57.4 Å². The van der Waals surface area contributed by atoms with Crippen LogP contribution in [0.2, 0.25) is 0 Å². The third-order valence-electron chi connectivity index (χ3n) is 2.81. The number of carboxylic acid groups (broad SMARTS) is 1. The SMILES string of the molecule is CCCCC(CCC)c1ccccc1.O=CO. The van der Waals surface area contributed by atoms with Crippen LogP contribution in [0.5, 0.6) is 0 Å². The van der Waals surface area contributed by atoms with Gasteiger partial charge in [-0.05, 0) is 24.3 Å². The minimum absolute atomic E-state index is 0.250.